The van der Waals surface area contributed by atoms with Gasteiger partial charge < -0.3 is 4.74 Å². The van der Waals surface area contributed by atoms with Crippen molar-refractivity contribution in [2.75, 3.05) is 0 Å². The van der Waals surface area contributed by atoms with E-state index in [2.05, 4.69) is 66.5 Å². The van der Waals surface area contributed by atoms with Crippen LogP contribution in [0, 0.1) is 46.3 Å². The van der Waals surface area contributed by atoms with E-state index in [0.717, 1.165) is 54.8 Å². The Balaban J connectivity index is 1.47. The van der Waals surface area contributed by atoms with Crippen LogP contribution in [0.4, 0.5) is 0 Å². The van der Waals surface area contributed by atoms with E-state index in [1.54, 1.807) is 0 Å². The third-order valence-corrected chi connectivity index (χ3v) is 15.3. The normalized spacial score (nSPS) is 45.9. The summed E-state index contributed by atoms with van der Waals surface area (Å²) in [6.45, 7) is 14.4. The summed E-state index contributed by atoms with van der Waals surface area (Å²) in [6.07, 6.45) is 14.4. The Morgan fingerprint density at radius 2 is 1.75 bits per heavy atom. The first-order valence-electron chi connectivity index (χ1n) is 15.0. The molecule has 0 aromatic heterocycles. The van der Waals surface area contributed by atoms with Crippen LogP contribution in [-0.4, -0.2) is 26.6 Å². The molecule has 0 aromatic carbocycles. The zero-order valence-corrected chi connectivity index (χ0v) is 27.6. The van der Waals surface area contributed by atoms with Crippen molar-refractivity contribution >= 4 is 49.4 Å². The molecule has 11 atom stereocenters. The molecule has 0 spiro atoms. The molecule has 0 aliphatic heterocycles. The monoisotopic (exact) mass is 648 g/mol. The number of rotatable bonds is 8. The first kappa shape index (κ1) is 29.7. The Kier molecular flexibility index (Phi) is 9.32. The molecule has 0 radical (unpaired) electrons. The first-order chi connectivity index (χ1) is 16.8. The van der Waals surface area contributed by atoms with Crippen molar-refractivity contribution in [3.05, 3.63) is 0 Å². The maximum Gasteiger partial charge on any atom is 0.307 e. The number of carbonyl (C=O) groups is 1. The van der Waals surface area contributed by atoms with Crippen LogP contribution >= 0.6 is 43.5 Å². The number of alkyl halides is 3. The van der Waals surface area contributed by atoms with Gasteiger partial charge in [-0.1, -0.05) is 85.7 Å². The maximum atomic E-state index is 12.4. The highest BCUT2D eigenvalue weighted by Crippen LogP contribution is 2.71. The fraction of sp³-hybridized carbons (Fsp3) is 0.968. The topological polar surface area (TPSA) is 26.3 Å². The molecule has 0 aromatic rings. The van der Waals surface area contributed by atoms with Crippen LogP contribution in [0.5, 0.6) is 0 Å². The average Bonchev–Trinajstić information content (AvgIpc) is 3.12. The van der Waals surface area contributed by atoms with Crippen LogP contribution in [0.25, 0.3) is 0 Å². The molecule has 0 amide bonds. The molecule has 5 heteroatoms. The SMILES string of the molecule is CC(C)CCC[C@@H](C)[C@H]1CC[C@H]2[C@@H]3C[C@@H](Br)[C@@]4(Br)C[C@@H](OC(=O)C[C@@H](C)Cl)CC[C@]4(C)[C@H]3CC[C@]12C. The third-order valence-electron chi connectivity index (χ3n) is 11.6. The standard InChI is InChI=1S/C31H51Br2ClO2/c1-19(2)8-7-9-20(3)24-10-11-25-23-17-27(32)31(33)18-22(36-28(35)16-21(4)34)12-15-30(31,6)26(23)13-14-29(24,25)5/h19-27H,7-18H2,1-6H3/t20-,21-,22+,23+,24-,25+,26+,27-,29-,30-,31+/m1/s1. The van der Waals surface area contributed by atoms with Gasteiger partial charge in [-0.05, 0) is 98.2 Å². The van der Waals surface area contributed by atoms with Gasteiger partial charge in [0.15, 0.2) is 0 Å². The van der Waals surface area contributed by atoms with Crippen molar-refractivity contribution < 1.29 is 9.53 Å². The Labute approximate surface area is 243 Å². The van der Waals surface area contributed by atoms with Crippen molar-refractivity contribution in [1.29, 1.82) is 0 Å². The van der Waals surface area contributed by atoms with E-state index in [1.807, 2.05) is 6.92 Å². The molecule has 4 rings (SSSR count). The molecule has 4 aliphatic carbocycles. The van der Waals surface area contributed by atoms with E-state index < -0.39 is 0 Å². The number of hydrogen-bond acceptors (Lipinski definition) is 2. The maximum absolute atomic E-state index is 12.4. The van der Waals surface area contributed by atoms with Crippen molar-refractivity contribution in [3.8, 4) is 0 Å². The molecular weight excluding hydrogens is 600 g/mol. The molecule has 0 saturated heterocycles. The largest absolute Gasteiger partial charge is 0.462 e. The zero-order chi connectivity index (χ0) is 26.5. The molecule has 36 heavy (non-hydrogen) atoms. The number of hydrogen-bond donors (Lipinski definition) is 0. The number of esters is 1. The Morgan fingerprint density at radius 1 is 1.03 bits per heavy atom. The van der Waals surface area contributed by atoms with E-state index in [1.165, 1.54) is 51.4 Å². The van der Waals surface area contributed by atoms with E-state index in [9.17, 15) is 4.79 Å². The molecule has 4 aliphatic rings. The van der Waals surface area contributed by atoms with Crippen molar-refractivity contribution in [2.45, 2.75) is 139 Å². The predicted molar refractivity (Wildman–Crippen MR) is 159 cm³/mol. The summed E-state index contributed by atoms with van der Waals surface area (Å²) in [5, 5.41) is -0.173. The Hall–Kier alpha value is 0.720. The van der Waals surface area contributed by atoms with Crippen molar-refractivity contribution in [2.24, 2.45) is 46.3 Å². The minimum absolute atomic E-state index is 0.00614. The van der Waals surface area contributed by atoms with Gasteiger partial charge >= 0.3 is 5.97 Å². The lowest BCUT2D eigenvalue weighted by molar-refractivity contribution is -0.158. The second-order valence-corrected chi connectivity index (χ2v) is 17.5. The second-order valence-electron chi connectivity index (χ2n) is 14.2. The van der Waals surface area contributed by atoms with E-state index in [-0.39, 0.29) is 27.2 Å². The van der Waals surface area contributed by atoms with E-state index in [0.29, 0.717) is 16.7 Å². The highest BCUT2D eigenvalue weighted by atomic mass is 79.9. The molecule has 208 valence electrons. The number of ether oxygens (including phenoxy) is 1. The summed E-state index contributed by atoms with van der Waals surface area (Å²) >= 11 is 14.6. The van der Waals surface area contributed by atoms with Crippen LogP contribution < -0.4 is 0 Å². The highest BCUT2D eigenvalue weighted by molar-refractivity contribution is 9.12. The fourth-order valence-corrected chi connectivity index (χ4v) is 12.0. The van der Waals surface area contributed by atoms with Gasteiger partial charge in [0.1, 0.15) is 6.10 Å². The molecule has 4 fully saturated rings. The van der Waals surface area contributed by atoms with E-state index in [4.69, 9.17) is 16.3 Å². The molecule has 2 nitrogen and oxygen atoms in total. The predicted octanol–water partition coefficient (Wildman–Crippen LogP) is 9.93. The highest BCUT2D eigenvalue weighted by Gasteiger charge is 2.67. The number of carbonyl (C=O) groups excluding carboxylic acids is 1. The lowest BCUT2D eigenvalue weighted by atomic mass is 9.44. The van der Waals surface area contributed by atoms with Crippen LogP contribution in [0.1, 0.15) is 119 Å². The van der Waals surface area contributed by atoms with Gasteiger partial charge in [0.05, 0.1) is 6.42 Å². The summed E-state index contributed by atoms with van der Waals surface area (Å²) in [4.78, 5) is 12.8. The van der Waals surface area contributed by atoms with Gasteiger partial charge in [0.25, 0.3) is 0 Å². The summed E-state index contributed by atoms with van der Waals surface area (Å²) in [5.74, 6) is 4.87. The van der Waals surface area contributed by atoms with Gasteiger partial charge in [0, 0.05) is 20.9 Å². The summed E-state index contributed by atoms with van der Waals surface area (Å²) in [7, 11) is 0. The summed E-state index contributed by atoms with van der Waals surface area (Å²) in [6, 6.07) is 0. The Bertz CT molecular complexity index is 789. The Morgan fingerprint density at radius 3 is 2.42 bits per heavy atom. The zero-order valence-electron chi connectivity index (χ0n) is 23.6. The molecule has 0 heterocycles. The molecule has 0 unspecified atom stereocenters. The van der Waals surface area contributed by atoms with Gasteiger partial charge in [-0.15, -0.1) is 11.6 Å². The smallest absolute Gasteiger partial charge is 0.307 e. The van der Waals surface area contributed by atoms with Crippen molar-refractivity contribution in [1.82, 2.24) is 0 Å². The van der Waals surface area contributed by atoms with Crippen LogP contribution in [0.3, 0.4) is 0 Å². The summed E-state index contributed by atoms with van der Waals surface area (Å²) < 4.78 is 5.92. The lowest BCUT2D eigenvalue weighted by Gasteiger charge is -2.66. The number of halogens is 3. The molecule has 0 N–H and O–H groups in total. The molecular formula is C31H51Br2ClO2. The quantitative estimate of drug-likeness (QED) is 0.193. The second kappa shape index (κ2) is 11.3. The third kappa shape index (κ3) is 5.37. The average molecular weight is 651 g/mol. The van der Waals surface area contributed by atoms with Gasteiger partial charge in [-0.25, -0.2) is 0 Å². The molecule has 0 bridgehead atoms. The molecule has 4 saturated carbocycles. The van der Waals surface area contributed by atoms with Crippen LogP contribution in [0.2, 0.25) is 0 Å². The minimum Gasteiger partial charge on any atom is -0.462 e. The summed E-state index contributed by atoms with van der Waals surface area (Å²) in [5.41, 5.74) is 0.744. The van der Waals surface area contributed by atoms with Crippen LogP contribution in [0.15, 0.2) is 0 Å². The van der Waals surface area contributed by atoms with Crippen molar-refractivity contribution in [3.63, 3.8) is 0 Å². The van der Waals surface area contributed by atoms with Gasteiger partial charge in [-0.3, -0.25) is 4.79 Å². The van der Waals surface area contributed by atoms with Gasteiger partial charge in [0.2, 0.25) is 0 Å². The van der Waals surface area contributed by atoms with E-state index >= 15 is 0 Å². The number of fused-ring (bicyclic) bond motifs is 5. The fourth-order valence-electron chi connectivity index (χ4n) is 9.74. The first-order valence-corrected chi connectivity index (χ1v) is 17.1. The van der Waals surface area contributed by atoms with Gasteiger partial charge in [-0.2, -0.15) is 0 Å². The van der Waals surface area contributed by atoms with Crippen LogP contribution in [-0.2, 0) is 9.53 Å². The minimum atomic E-state index is -0.173. The lowest BCUT2D eigenvalue weighted by Crippen LogP contribution is -2.64.